The van der Waals surface area contributed by atoms with Crippen LogP contribution < -0.4 is 10.6 Å². The van der Waals surface area contributed by atoms with Crippen molar-refractivity contribution in [3.05, 3.63) is 0 Å². The van der Waals surface area contributed by atoms with E-state index in [1.807, 2.05) is 0 Å². The lowest BCUT2D eigenvalue weighted by Gasteiger charge is -2.30. The first kappa shape index (κ1) is 27.0. The van der Waals surface area contributed by atoms with E-state index in [-0.39, 0.29) is 5.75 Å². The van der Waals surface area contributed by atoms with Crippen molar-refractivity contribution in [1.82, 2.24) is 10.6 Å². The number of carboxylic acids is 1. The minimum Gasteiger partial charge on any atom is -0.479 e. The molecule has 0 heterocycles. The van der Waals surface area contributed by atoms with Crippen LogP contribution in [0.25, 0.3) is 0 Å². The lowest BCUT2D eigenvalue weighted by atomic mass is 9.91. The van der Waals surface area contributed by atoms with Crippen molar-refractivity contribution in [3.8, 4) is 0 Å². The SMILES string of the molecule is C1CCC(NC2CCCCC2)CC1.CSC[C@@H](NC(=O)OC(C)(C)C)[C@@H](O)C(=O)O. The van der Waals surface area contributed by atoms with Gasteiger partial charge in [-0.05, 0) is 52.7 Å². The fraction of sp³-hybridized carbons (Fsp3) is 0.909. The summed E-state index contributed by atoms with van der Waals surface area (Å²) in [5.74, 6) is -1.09. The van der Waals surface area contributed by atoms with Crippen LogP contribution in [0.4, 0.5) is 4.79 Å². The average Bonchev–Trinajstić information content (AvgIpc) is 2.67. The van der Waals surface area contributed by atoms with Crippen molar-refractivity contribution in [2.75, 3.05) is 12.0 Å². The molecule has 0 aromatic rings. The molecule has 0 aliphatic heterocycles. The van der Waals surface area contributed by atoms with Gasteiger partial charge < -0.3 is 25.6 Å². The first-order chi connectivity index (χ1) is 14.1. The Labute approximate surface area is 186 Å². The zero-order valence-corrected chi connectivity index (χ0v) is 19.9. The zero-order valence-electron chi connectivity index (χ0n) is 19.1. The summed E-state index contributed by atoms with van der Waals surface area (Å²) in [5, 5.41) is 24.3. The van der Waals surface area contributed by atoms with Gasteiger partial charge in [-0.15, -0.1) is 0 Å². The fourth-order valence-corrected chi connectivity index (χ4v) is 4.52. The van der Waals surface area contributed by atoms with Gasteiger partial charge in [0.25, 0.3) is 0 Å². The van der Waals surface area contributed by atoms with Crippen molar-refractivity contribution in [2.45, 2.75) is 115 Å². The molecular weight excluding hydrogens is 404 g/mol. The molecule has 0 saturated heterocycles. The second-order valence-corrected chi connectivity index (χ2v) is 10.2. The highest BCUT2D eigenvalue weighted by Crippen LogP contribution is 2.22. The Hall–Kier alpha value is -0.990. The van der Waals surface area contributed by atoms with Gasteiger partial charge in [0.2, 0.25) is 0 Å². The van der Waals surface area contributed by atoms with E-state index in [4.69, 9.17) is 9.84 Å². The Bertz CT molecular complexity index is 484. The average molecular weight is 447 g/mol. The lowest BCUT2D eigenvalue weighted by molar-refractivity contribution is -0.147. The van der Waals surface area contributed by atoms with Crippen molar-refractivity contribution < 1.29 is 24.5 Å². The van der Waals surface area contributed by atoms with Crippen LogP contribution in [0, 0.1) is 0 Å². The predicted octanol–water partition coefficient (Wildman–Crippen LogP) is 3.93. The molecule has 4 N–H and O–H groups in total. The summed E-state index contributed by atoms with van der Waals surface area (Å²) >= 11 is 1.32. The van der Waals surface area contributed by atoms with E-state index in [2.05, 4.69) is 10.6 Å². The van der Waals surface area contributed by atoms with Crippen molar-refractivity contribution in [1.29, 1.82) is 0 Å². The van der Waals surface area contributed by atoms with Crippen molar-refractivity contribution in [2.24, 2.45) is 0 Å². The maximum atomic E-state index is 11.4. The Morgan fingerprint density at radius 1 is 1.00 bits per heavy atom. The van der Waals surface area contributed by atoms with Crippen molar-refractivity contribution in [3.63, 3.8) is 0 Å². The molecule has 2 atom stereocenters. The number of hydrogen-bond donors (Lipinski definition) is 4. The molecule has 8 heteroatoms. The van der Waals surface area contributed by atoms with Crippen LogP contribution in [0.3, 0.4) is 0 Å². The maximum absolute atomic E-state index is 11.4. The van der Waals surface area contributed by atoms with Crippen LogP contribution in [-0.4, -0.2) is 64.1 Å². The Morgan fingerprint density at radius 2 is 1.47 bits per heavy atom. The molecule has 0 radical (unpaired) electrons. The van der Waals surface area contributed by atoms with E-state index < -0.39 is 29.8 Å². The minimum atomic E-state index is -1.64. The number of rotatable bonds is 7. The van der Waals surface area contributed by atoms with Crippen LogP contribution in [0.1, 0.15) is 85.0 Å². The van der Waals surface area contributed by atoms with Crippen LogP contribution in [0.15, 0.2) is 0 Å². The Balaban J connectivity index is 0.000000308. The highest BCUT2D eigenvalue weighted by molar-refractivity contribution is 7.98. The van der Waals surface area contributed by atoms with E-state index in [0.29, 0.717) is 0 Å². The molecule has 0 bridgehead atoms. The number of ether oxygens (including phenoxy) is 1. The number of carbonyl (C=O) groups excluding carboxylic acids is 1. The number of carbonyl (C=O) groups is 2. The second-order valence-electron chi connectivity index (χ2n) is 9.33. The standard InChI is InChI=1S/C12H23N.C10H19NO5S/c1-3-7-11(8-4-1)13-12-9-5-2-6-10-12;1-10(2,3)16-9(15)11-6(5-17-4)7(12)8(13)14/h11-13H,1-10H2;6-7,12H,5H2,1-4H3,(H,11,15)(H,13,14)/t;6-,7-/m.1/s1. The normalized spacial score (nSPS) is 20.4. The highest BCUT2D eigenvalue weighted by Gasteiger charge is 2.28. The van der Waals surface area contributed by atoms with E-state index >= 15 is 0 Å². The number of carboxylic acid groups (broad SMARTS) is 1. The third-order valence-electron chi connectivity index (χ3n) is 5.36. The molecule has 2 aliphatic rings. The molecule has 7 nitrogen and oxygen atoms in total. The third kappa shape index (κ3) is 12.0. The number of nitrogens with one attached hydrogen (secondary N) is 2. The summed E-state index contributed by atoms with van der Waals surface area (Å²) < 4.78 is 4.98. The van der Waals surface area contributed by atoms with Gasteiger partial charge in [-0.25, -0.2) is 9.59 Å². The highest BCUT2D eigenvalue weighted by atomic mass is 32.2. The van der Waals surface area contributed by atoms with Gasteiger partial charge in [0.05, 0.1) is 6.04 Å². The van der Waals surface area contributed by atoms with Gasteiger partial charge in [-0.2, -0.15) is 11.8 Å². The molecular formula is C22H42N2O5S. The minimum absolute atomic E-state index is 0.284. The molecule has 2 fully saturated rings. The first-order valence-corrected chi connectivity index (χ1v) is 12.7. The molecule has 2 saturated carbocycles. The smallest absolute Gasteiger partial charge is 0.408 e. The summed E-state index contributed by atoms with van der Waals surface area (Å²) in [5.41, 5.74) is -0.665. The number of hydrogen-bond acceptors (Lipinski definition) is 6. The summed E-state index contributed by atoms with van der Waals surface area (Å²) in [6.07, 6.45) is 13.9. The van der Waals surface area contributed by atoms with Gasteiger partial charge >= 0.3 is 12.1 Å². The van der Waals surface area contributed by atoms with Crippen LogP contribution >= 0.6 is 11.8 Å². The topological polar surface area (TPSA) is 108 Å². The molecule has 0 unspecified atom stereocenters. The predicted molar refractivity (Wildman–Crippen MR) is 122 cm³/mol. The molecule has 2 rings (SSSR count). The number of alkyl carbamates (subject to hydrolysis) is 1. The molecule has 176 valence electrons. The number of thioether (sulfide) groups is 1. The van der Waals surface area contributed by atoms with Crippen molar-refractivity contribution >= 4 is 23.8 Å². The van der Waals surface area contributed by atoms with Crippen LogP contribution in [0.2, 0.25) is 0 Å². The summed E-state index contributed by atoms with van der Waals surface area (Å²) in [7, 11) is 0. The molecule has 0 aromatic heterocycles. The van der Waals surface area contributed by atoms with Gasteiger partial charge in [0.1, 0.15) is 5.60 Å². The molecule has 1 amide bonds. The number of aliphatic hydroxyl groups is 1. The maximum Gasteiger partial charge on any atom is 0.408 e. The first-order valence-electron chi connectivity index (χ1n) is 11.3. The number of aliphatic carboxylic acids is 1. The van der Waals surface area contributed by atoms with E-state index in [1.165, 1.54) is 76.0 Å². The zero-order chi connectivity index (χ0) is 22.6. The quantitative estimate of drug-likeness (QED) is 0.469. The second kappa shape index (κ2) is 14.1. The molecule has 2 aliphatic carbocycles. The van der Waals surface area contributed by atoms with Crippen LogP contribution in [0.5, 0.6) is 0 Å². The van der Waals surface area contributed by atoms with Gasteiger partial charge in [-0.1, -0.05) is 38.5 Å². The summed E-state index contributed by atoms with van der Waals surface area (Å²) in [6.45, 7) is 5.09. The monoisotopic (exact) mass is 446 g/mol. The molecule has 0 spiro atoms. The van der Waals surface area contributed by atoms with Crippen LogP contribution in [-0.2, 0) is 9.53 Å². The fourth-order valence-electron chi connectivity index (χ4n) is 3.89. The summed E-state index contributed by atoms with van der Waals surface area (Å²) in [6, 6.07) is 0.867. The Morgan fingerprint density at radius 3 is 1.83 bits per heavy atom. The van der Waals surface area contributed by atoms with E-state index in [0.717, 1.165) is 12.1 Å². The van der Waals surface area contributed by atoms with Gasteiger partial charge in [-0.3, -0.25) is 0 Å². The number of amides is 1. The number of aliphatic hydroxyl groups excluding tert-OH is 1. The Kier molecular flexibility index (Phi) is 12.8. The van der Waals surface area contributed by atoms with Gasteiger partial charge in [0.15, 0.2) is 6.10 Å². The summed E-state index contributed by atoms with van der Waals surface area (Å²) in [4.78, 5) is 22.1. The molecule has 0 aromatic carbocycles. The molecule has 30 heavy (non-hydrogen) atoms. The largest absolute Gasteiger partial charge is 0.479 e. The van der Waals surface area contributed by atoms with E-state index in [1.54, 1.807) is 27.0 Å². The van der Waals surface area contributed by atoms with Gasteiger partial charge in [0, 0.05) is 17.8 Å². The third-order valence-corrected chi connectivity index (χ3v) is 6.06. The van der Waals surface area contributed by atoms with E-state index in [9.17, 15) is 14.7 Å². The lowest BCUT2D eigenvalue weighted by Crippen LogP contribution is -2.49.